The maximum Gasteiger partial charge on any atom is 0.163 e. The number of ether oxygens (including phenoxy) is 9. The summed E-state index contributed by atoms with van der Waals surface area (Å²) < 4.78 is 55.6. The van der Waals surface area contributed by atoms with Crippen molar-refractivity contribution in [1.29, 1.82) is 0 Å². The molecule has 0 atom stereocenters. The van der Waals surface area contributed by atoms with Crippen LogP contribution in [0.15, 0.2) is 36.4 Å². The minimum Gasteiger partial charge on any atom is -0.490 e. The molecule has 0 bridgehead atoms. The highest BCUT2D eigenvalue weighted by Crippen LogP contribution is 2.40. The van der Waals surface area contributed by atoms with E-state index in [-0.39, 0.29) is 0 Å². The zero-order valence-electron chi connectivity index (χ0n) is 42.6. The summed E-state index contributed by atoms with van der Waals surface area (Å²) in [6.07, 6.45) is 17.5. The second kappa shape index (κ2) is 27.3. The molecule has 15 nitrogen and oxygen atoms in total. The van der Waals surface area contributed by atoms with Gasteiger partial charge in [0, 0.05) is 36.4 Å². The third kappa shape index (κ3) is 13.9. The molecule has 0 spiro atoms. The maximum absolute atomic E-state index is 6.47. The molecule has 0 amide bonds. The molecule has 7 aromatic rings. The van der Waals surface area contributed by atoms with Gasteiger partial charge in [0.1, 0.15) is 46.3 Å². The van der Waals surface area contributed by atoms with Crippen LogP contribution in [0.25, 0.3) is 66.2 Å². The van der Waals surface area contributed by atoms with Crippen molar-refractivity contribution >= 4 is 66.2 Å². The van der Waals surface area contributed by atoms with Crippen molar-refractivity contribution in [1.82, 2.24) is 29.9 Å². The SMILES string of the molecule is CCCCCCOc1cc2nc3c4nc5cc(OCCCCCC)c(OCCCCCC)cc5nc4c4nc5cc6c(cc5nc4c3nc2cc1OCCCCCC)OCCOCCOCCOCCO6. The molecule has 0 saturated carbocycles. The fourth-order valence-corrected chi connectivity index (χ4v) is 8.67. The van der Waals surface area contributed by atoms with E-state index in [0.29, 0.717) is 180 Å². The summed E-state index contributed by atoms with van der Waals surface area (Å²) in [7, 11) is 0. The first-order chi connectivity index (χ1) is 35.1. The Hall–Kier alpha value is -5.64. The topological polar surface area (TPSA) is 160 Å². The van der Waals surface area contributed by atoms with Gasteiger partial charge >= 0.3 is 0 Å². The Morgan fingerprint density at radius 1 is 0.310 bits per heavy atom. The fraction of sp³-hybridized carbons (Fsp3) is 0.571. The standard InChI is InChI=1S/C56H74N6O9/c1-5-9-13-17-21-66-45-33-39-41(35-47(45)68-23-19-15-11-7-3)59-53-51(57-39)52-54(60-42-36-48(69-24-20-16-12-8-4)46(34-40(42)58-52)67-22-18-14-10-6-2)56-55(53)61-43-37-49-50(38-44(43)62-56)71-32-30-65-28-26-63-25-27-64-29-31-70-49/h33-38H,5-32H2,1-4H3. The number of unbranched alkanes of at least 4 members (excludes halogenated alkanes) is 12. The van der Waals surface area contributed by atoms with Gasteiger partial charge in [0.2, 0.25) is 0 Å². The van der Waals surface area contributed by atoms with Crippen LogP contribution in [0, 0.1) is 0 Å². The molecule has 0 N–H and O–H groups in total. The molecule has 382 valence electrons. The van der Waals surface area contributed by atoms with Gasteiger partial charge in [0.15, 0.2) is 34.5 Å². The normalized spacial score (nSPS) is 14.1. The van der Waals surface area contributed by atoms with Gasteiger partial charge in [0.25, 0.3) is 0 Å². The predicted octanol–water partition coefficient (Wildman–Crippen LogP) is 12.6. The van der Waals surface area contributed by atoms with E-state index in [9.17, 15) is 0 Å². The summed E-state index contributed by atoms with van der Waals surface area (Å²) in [6, 6.07) is 11.5. The van der Waals surface area contributed by atoms with E-state index < -0.39 is 0 Å². The number of hydrogen-bond acceptors (Lipinski definition) is 15. The van der Waals surface area contributed by atoms with Crippen molar-refractivity contribution in [2.75, 3.05) is 79.3 Å². The first-order valence-corrected chi connectivity index (χ1v) is 26.7. The molecular formula is C56H74N6O9. The summed E-state index contributed by atoms with van der Waals surface area (Å²) in [5, 5.41) is 0. The highest BCUT2D eigenvalue weighted by atomic mass is 16.6. The lowest BCUT2D eigenvalue weighted by Gasteiger charge is -2.16. The van der Waals surface area contributed by atoms with Crippen LogP contribution < -0.4 is 28.4 Å². The van der Waals surface area contributed by atoms with E-state index in [2.05, 4.69) is 27.7 Å². The Morgan fingerprint density at radius 2 is 0.549 bits per heavy atom. The van der Waals surface area contributed by atoms with Gasteiger partial charge in [-0.2, -0.15) is 0 Å². The maximum atomic E-state index is 6.47. The quantitative estimate of drug-likeness (QED) is 0.0319. The van der Waals surface area contributed by atoms with Crippen LogP contribution in [-0.4, -0.2) is 109 Å². The molecule has 0 fully saturated rings. The Morgan fingerprint density at radius 3 is 0.803 bits per heavy atom. The van der Waals surface area contributed by atoms with Crippen molar-refractivity contribution in [3.05, 3.63) is 36.4 Å². The number of fused-ring (bicyclic) bond motifs is 10. The summed E-state index contributed by atoms with van der Waals surface area (Å²) in [4.78, 5) is 32.0. The van der Waals surface area contributed by atoms with Gasteiger partial charge in [-0.15, -0.1) is 0 Å². The van der Waals surface area contributed by atoms with Crippen molar-refractivity contribution in [2.45, 2.75) is 130 Å². The first-order valence-electron chi connectivity index (χ1n) is 26.7. The van der Waals surface area contributed by atoms with Crippen molar-refractivity contribution in [3.8, 4) is 34.5 Å². The van der Waals surface area contributed by atoms with E-state index >= 15 is 0 Å². The minimum atomic E-state index is 0.302. The molecule has 0 saturated heterocycles. The Labute approximate surface area is 418 Å². The molecule has 0 unspecified atom stereocenters. The lowest BCUT2D eigenvalue weighted by Crippen LogP contribution is -2.13. The van der Waals surface area contributed by atoms with Crippen molar-refractivity contribution in [2.24, 2.45) is 0 Å². The molecule has 3 aromatic heterocycles. The van der Waals surface area contributed by atoms with E-state index in [0.717, 1.165) is 103 Å². The number of aromatic nitrogens is 6. The van der Waals surface area contributed by atoms with Crippen LogP contribution in [0.4, 0.5) is 0 Å². The Kier molecular flexibility index (Phi) is 19.9. The lowest BCUT2D eigenvalue weighted by atomic mass is 10.1. The zero-order valence-corrected chi connectivity index (χ0v) is 42.6. The number of hydrogen-bond donors (Lipinski definition) is 0. The van der Waals surface area contributed by atoms with Crippen molar-refractivity contribution < 1.29 is 42.6 Å². The summed E-state index contributed by atoms with van der Waals surface area (Å²) in [5.74, 6) is 3.63. The van der Waals surface area contributed by atoms with E-state index in [1.54, 1.807) is 0 Å². The highest BCUT2D eigenvalue weighted by molar-refractivity contribution is 6.21. The smallest absolute Gasteiger partial charge is 0.163 e. The van der Waals surface area contributed by atoms with Gasteiger partial charge in [-0.25, -0.2) is 29.9 Å². The summed E-state index contributed by atoms with van der Waals surface area (Å²) in [5.41, 5.74) is 6.93. The molecule has 0 aliphatic carbocycles. The van der Waals surface area contributed by atoms with Gasteiger partial charge in [-0.3, -0.25) is 0 Å². The minimum absolute atomic E-state index is 0.302. The van der Waals surface area contributed by atoms with Gasteiger partial charge in [0.05, 0.1) is 99.2 Å². The summed E-state index contributed by atoms with van der Waals surface area (Å²) in [6.45, 7) is 14.4. The van der Waals surface area contributed by atoms with Crippen LogP contribution in [0.5, 0.6) is 34.5 Å². The lowest BCUT2D eigenvalue weighted by molar-refractivity contribution is 0.00708. The van der Waals surface area contributed by atoms with Gasteiger partial charge in [-0.05, 0) is 25.7 Å². The zero-order chi connectivity index (χ0) is 49.0. The fourth-order valence-electron chi connectivity index (χ4n) is 8.67. The average molecular weight is 975 g/mol. The molecule has 71 heavy (non-hydrogen) atoms. The third-order valence-corrected chi connectivity index (χ3v) is 12.6. The van der Waals surface area contributed by atoms with Crippen molar-refractivity contribution in [3.63, 3.8) is 0 Å². The molecular weight excluding hydrogens is 901 g/mol. The monoisotopic (exact) mass is 975 g/mol. The predicted molar refractivity (Wildman–Crippen MR) is 280 cm³/mol. The highest BCUT2D eigenvalue weighted by Gasteiger charge is 2.23. The molecule has 4 aromatic carbocycles. The van der Waals surface area contributed by atoms with Crippen LogP contribution in [0.1, 0.15) is 130 Å². The number of benzene rings is 4. The second-order valence-electron chi connectivity index (χ2n) is 18.3. The van der Waals surface area contributed by atoms with Crippen LogP contribution in [0.3, 0.4) is 0 Å². The average Bonchev–Trinajstić information content (AvgIpc) is 3.39. The molecule has 8 rings (SSSR count). The van der Waals surface area contributed by atoms with Crippen LogP contribution in [-0.2, 0) is 14.2 Å². The summed E-state index contributed by atoms with van der Waals surface area (Å²) >= 11 is 0. The van der Waals surface area contributed by atoms with E-state index in [1.165, 1.54) is 0 Å². The first kappa shape index (κ1) is 51.7. The number of rotatable bonds is 24. The Balaban J connectivity index is 1.30. The van der Waals surface area contributed by atoms with E-state index in [1.807, 2.05) is 36.4 Å². The Bertz CT molecular complexity index is 2620. The van der Waals surface area contributed by atoms with E-state index in [4.69, 9.17) is 72.5 Å². The number of nitrogens with zero attached hydrogens (tertiary/aromatic N) is 6. The molecule has 1 aliphatic heterocycles. The van der Waals surface area contributed by atoms with Gasteiger partial charge < -0.3 is 42.6 Å². The molecule has 0 radical (unpaired) electrons. The van der Waals surface area contributed by atoms with Crippen LogP contribution in [0.2, 0.25) is 0 Å². The van der Waals surface area contributed by atoms with Crippen LogP contribution >= 0.6 is 0 Å². The van der Waals surface area contributed by atoms with Gasteiger partial charge in [-0.1, -0.05) is 105 Å². The largest absolute Gasteiger partial charge is 0.490 e. The third-order valence-electron chi connectivity index (χ3n) is 12.6. The molecule has 15 heteroatoms. The molecule has 1 aliphatic rings. The second-order valence-corrected chi connectivity index (χ2v) is 18.3. The molecule has 4 heterocycles.